The summed E-state index contributed by atoms with van der Waals surface area (Å²) in [6.07, 6.45) is 1.72. The van der Waals surface area contributed by atoms with E-state index in [-0.39, 0.29) is 11.9 Å². The molecule has 1 heterocycles. The van der Waals surface area contributed by atoms with Gasteiger partial charge in [-0.25, -0.2) is 4.79 Å². The molecule has 0 unspecified atom stereocenters. The molecule has 0 aliphatic carbocycles. The number of nitrogens with two attached hydrogens (primary N) is 1. The van der Waals surface area contributed by atoms with Crippen molar-refractivity contribution in [1.82, 2.24) is 4.90 Å². The van der Waals surface area contributed by atoms with Gasteiger partial charge in [0.1, 0.15) is 0 Å². The van der Waals surface area contributed by atoms with Gasteiger partial charge in [0, 0.05) is 24.7 Å². The van der Waals surface area contributed by atoms with Gasteiger partial charge in [0.05, 0.1) is 4.99 Å². The standard InChI is InChI=1S/C14H19N3OS/c1-10-3-2-4-12(9-10)16-14(18)17-7-5-11(6-8-17)13(15)19/h2-4,9,11H,5-8H2,1H3,(H2,15,19)(H,16,18). The first-order chi connectivity index (χ1) is 9.06. The molecule has 0 atom stereocenters. The second kappa shape index (κ2) is 6.02. The predicted octanol–water partition coefficient (Wildman–Crippen LogP) is 2.53. The molecule has 1 aliphatic rings. The minimum absolute atomic E-state index is 0.0491. The van der Waals surface area contributed by atoms with E-state index in [0.717, 1.165) is 24.1 Å². The molecular formula is C14H19N3OS. The molecule has 1 aliphatic heterocycles. The molecule has 0 bridgehead atoms. The van der Waals surface area contributed by atoms with Crippen LogP contribution >= 0.6 is 12.2 Å². The lowest BCUT2D eigenvalue weighted by atomic mass is 9.97. The minimum atomic E-state index is -0.0491. The summed E-state index contributed by atoms with van der Waals surface area (Å²) in [6.45, 7) is 3.42. The van der Waals surface area contributed by atoms with Crippen LogP contribution in [0.4, 0.5) is 10.5 Å². The van der Waals surface area contributed by atoms with Gasteiger partial charge in [-0.1, -0.05) is 24.4 Å². The highest BCUT2D eigenvalue weighted by Gasteiger charge is 2.24. The maximum Gasteiger partial charge on any atom is 0.321 e. The first-order valence-electron chi connectivity index (χ1n) is 6.48. The maximum atomic E-state index is 12.1. The number of carbonyl (C=O) groups is 1. The fourth-order valence-electron chi connectivity index (χ4n) is 2.29. The van der Waals surface area contributed by atoms with Crippen molar-refractivity contribution in [1.29, 1.82) is 0 Å². The fraction of sp³-hybridized carbons (Fsp3) is 0.429. The number of piperidine rings is 1. The third kappa shape index (κ3) is 3.67. The van der Waals surface area contributed by atoms with Gasteiger partial charge < -0.3 is 16.0 Å². The lowest BCUT2D eigenvalue weighted by molar-refractivity contribution is 0.193. The van der Waals surface area contributed by atoms with E-state index >= 15 is 0 Å². The number of likely N-dealkylation sites (tertiary alicyclic amines) is 1. The smallest absolute Gasteiger partial charge is 0.321 e. The second-order valence-corrected chi connectivity index (χ2v) is 5.43. The molecule has 3 N–H and O–H groups in total. The van der Waals surface area contributed by atoms with Crippen LogP contribution in [0.25, 0.3) is 0 Å². The van der Waals surface area contributed by atoms with Crippen molar-refractivity contribution in [2.45, 2.75) is 19.8 Å². The van der Waals surface area contributed by atoms with Crippen molar-refractivity contribution in [2.24, 2.45) is 11.7 Å². The molecule has 4 nitrogen and oxygen atoms in total. The fourth-order valence-corrected chi connectivity index (χ4v) is 2.53. The van der Waals surface area contributed by atoms with E-state index in [9.17, 15) is 4.79 Å². The highest BCUT2D eigenvalue weighted by molar-refractivity contribution is 7.80. The molecule has 19 heavy (non-hydrogen) atoms. The molecule has 1 fully saturated rings. The van der Waals surface area contributed by atoms with E-state index in [0.29, 0.717) is 18.1 Å². The van der Waals surface area contributed by atoms with Gasteiger partial charge in [-0.15, -0.1) is 0 Å². The zero-order chi connectivity index (χ0) is 13.8. The first kappa shape index (κ1) is 13.8. The van der Waals surface area contributed by atoms with Crippen molar-refractivity contribution in [2.75, 3.05) is 18.4 Å². The Kier molecular flexibility index (Phi) is 4.37. The largest absolute Gasteiger partial charge is 0.393 e. The van der Waals surface area contributed by atoms with E-state index in [1.165, 1.54) is 0 Å². The molecule has 0 aromatic heterocycles. The Labute approximate surface area is 119 Å². The normalized spacial score (nSPS) is 16.2. The highest BCUT2D eigenvalue weighted by Crippen LogP contribution is 2.18. The lowest BCUT2D eigenvalue weighted by Crippen LogP contribution is -2.43. The second-order valence-electron chi connectivity index (χ2n) is 4.96. The molecule has 2 amide bonds. The Balaban J connectivity index is 1.90. The lowest BCUT2D eigenvalue weighted by Gasteiger charge is -2.31. The summed E-state index contributed by atoms with van der Waals surface area (Å²) in [7, 11) is 0. The molecule has 0 radical (unpaired) electrons. The van der Waals surface area contributed by atoms with Crippen LogP contribution in [0.3, 0.4) is 0 Å². The zero-order valence-corrected chi connectivity index (χ0v) is 11.9. The summed E-state index contributed by atoms with van der Waals surface area (Å²) >= 11 is 5.00. The van der Waals surface area contributed by atoms with Crippen LogP contribution in [0, 0.1) is 12.8 Å². The van der Waals surface area contributed by atoms with Crippen molar-refractivity contribution in [3.05, 3.63) is 29.8 Å². The summed E-state index contributed by atoms with van der Waals surface area (Å²) in [6, 6.07) is 7.74. The number of benzene rings is 1. The van der Waals surface area contributed by atoms with Gasteiger partial charge in [0.15, 0.2) is 0 Å². The van der Waals surface area contributed by atoms with E-state index in [1.807, 2.05) is 36.1 Å². The maximum absolute atomic E-state index is 12.1. The molecule has 1 aromatic carbocycles. The number of thiocarbonyl (C=S) groups is 1. The molecule has 0 saturated carbocycles. The van der Waals surface area contributed by atoms with Crippen LogP contribution in [0.2, 0.25) is 0 Å². The van der Waals surface area contributed by atoms with Gasteiger partial charge in [-0.2, -0.15) is 0 Å². The van der Waals surface area contributed by atoms with Crippen LogP contribution in [-0.4, -0.2) is 29.0 Å². The Morgan fingerprint density at radius 1 is 1.42 bits per heavy atom. The third-order valence-electron chi connectivity index (χ3n) is 3.45. The quantitative estimate of drug-likeness (QED) is 0.817. The predicted molar refractivity (Wildman–Crippen MR) is 81.3 cm³/mol. The van der Waals surface area contributed by atoms with Crippen molar-refractivity contribution in [3.63, 3.8) is 0 Å². The van der Waals surface area contributed by atoms with Gasteiger partial charge in [0.25, 0.3) is 0 Å². The van der Waals surface area contributed by atoms with E-state index < -0.39 is 0 Å². The number of nitrogens with zero attached hydrogens (tertiary/aromatic N) is 1. The molecule has 102 valence electrons. The number of amides is 2. The zero-order valence-electron chi connectivity index (χ0n) is 11.1. The van der Waals surface area contributed by atoms with Gasteiger partial charge >= 0.3 is 6.03 Å². The Morgan fingerprint density at radius 3 is 2.68 bits per heavy atom. The molecule has 1 saturated heterocycles. The summed E-state index contributed by atoms with van der Waals surface area (Å²) in [5.74, 6) is 0.276. The van der Waals surface area contributed by atoms with Crippen molar-refractivity contribution >= 4 is 28.9 Å². The van der Waals surface area contributed by atoms with Crippen LogP contribution < -0.4 is 11.1 Å². The van der Waals surface area contributed by atoms with E-state index in [1.54, 1.807) is 0 Å². The Hall–Kier alpha value is -1.62. The summed E-state index contributed by atoms with van der Waals surface area (Å²) in [4.78, 5) is 14.5. The number of rotatable bonds is 2. The Morgan fingerprint density at radius 2 is 2.11 bits per heavy atom. The van der Waals surface area contributed by atoms with Gasteiger partial charge in [-0.3, -0.25) is 0 Å². The topological polar surface area (TPSA) is 58.4 Å². The van der Waals surface area contributed by atoms with Crippen LogP contribution in [0.1, 0.15) is 18.4 Å². The number of hydrogen-bond donors (Lipinski definition) is 2. The van der Waals surface area contributed by atoms with E-state index in [4.69, 9.17) is 18.0 Å². The van der Waals surface area contributed by atoms with Crippen molar-refractivity contribution in [3.8, 4) is 0 Å². The average molecular weight is 277 g/mol. The minimum Gasteiger partial charge on any atom is -0.393 e. The first-order valence-corrected chi connectivity index (χ1v) is 6.89. The molecular weight excluding hydrogens is 258 g/mol. The SMILES string of the molecule is Cc1cccc(NC(=O)N2CCC(C(N)=S)CC2)c1. The van der Waals surface area contributed by atoms with Crippen LogP contribution in [-0.2, 0) is 0 Å². The van der Waals surface area contributed by atoms with E-state index in [2.05, 4.69) is 5.32 Å². The van der Waals surface area contributed by atoms with Gasteiger partial charge in [0.2, 0.25) is 0 Å². The Bertz CT molecular complexity index is 481. The summed E-state index contributed by atoms with van der Waals surface area (Å²) < 4.78 is 0. The molecule has 2 rings (SSSR count). The third-order valence-corrected chi connectivity index (χ3v) is 3.79. The number of hydrogen-bond acceptors (Lipinski definition) is 2. The molecule has 1 aromatic rings. The van der Waals surface area contributed by atoms with Crippen LogP contribution in [0.15, 0.2) is 24.3 Å². The number of anilines is 1. The number of nitrogens with one attached hydrogen (secondary N) is 1. The summed E-state index contributed by atoms with van der Waals surface area (Å²) in [5, 5.41) is 2.92. The molecule has 0 spiro atoms. The molecule has 5 heteroatoms. The number of carbonyl (C=O) groups excluding carboxylic acids is 1. The monoisotopic (exact) mass is 277 g/mol. The summed E-state index contributed by atoms with van der Waals surface area (Å²) in [5.41, 5.74) is 7.61. The average Bonchev–Trinajstić information content (AvgIpc) is 2.39. The highest BCUT2D eigenvalue weighted by atomic mass is 32.1. The number of urea groups is 1. The number of aryl methyl sites for hydroxylation is 1. The van der Waals surface area contributed by atoms with Crippen LogP contribution in [0.5, 0.6) is 0 Å². The van der Waals surface area contributed by atoms with Crippen molar-refractivity contribution < 1.29 is 4.79 Å². The van der Waals surface area contributed by atoms with Gasteiger partial charge in [-0.05, 0) is 37.5 Å².